The Morgan fingerprint density at radius 1 is 0.677 bits per heavy atom. The van der Waals surface area contributed by atoms with E-state index in [1.807, 2.05) is 28.1 Å². The summed E-state index contributed by atoms with van der Waals surface area (Å²) in [6.45, 7) is 4.22. The lowest BCUT2D eigenvalue weighted by Crippen LogP contribution is -2.71. The summed E-state index contributed by atoms with van der Waals surface area (Å²) in [5.74, 6) is -1.09. The standard InChI is InChI=1S/C26H52N2O3/c1-6-8-9-10-11-12-13-14-15-16-17-18-19-20-21-22-24(29)27-26(23-7-2,25(30)31)28(3,4)5/h6-23H2,1-5H3,(H-,27,29,30,31)/p+1. The average Bonchev–Trinajstić information content (AvgIpc) is 2.69. The summed E-state index contributed by atoms with van der Waals surface area (Å²) in [6, 6.07) is 0. The number of nitrogens with zero attached hydrogens (tertiary/aromatic N) is 1. The summed E-state index contributed by atoms with van der Waals surface area (Å²) in [7, 11) is 5.49. The molecule has 0 rings (SSSR count). The fourth-order valence-electron chi connectivity index (χ4n) is 4.32. The third-order valence-electron chi connectivity index (χ3n) is 6.46. The van der Waals surface area contributed by atoms with Gasteiger partial charge in [0, 0.05) is 12.8 Å². The zero-order chi connectivity index (χ0) is 23.6. The lowest BCUT2D eigenvalue weighted by molar-refractivity contribution is -0.917. The molecule has 184 valence electrons. The monoisotopic (exact) mass is 441 g/mol. The number of aliphatic carboxylic acids is 1. The van der Waals surface area contributed by atoms with Crippen molar-refractivity contribution in [3.63, 3.8) is 0 Å². The predicted octanol–water partition coefficient (Wildman–Crippen LogP) is 6.65. The Labute approximate surface area is 192 Å². The van der Waals surface area contributed by atoms with E-state index in [9.17, 15) is 14.7 Å². The molecule has 0 aliphatic rings. The minimum Gasteiger partial charge on any atom is -0.475 e. The molecule has 5 heteroatoms. The topological polar surface area (TPSA) is 66.4 Å². The minimum atomic E-state index is -1.25. The van der Waals surface area contributed by atoms with Gasteiger partial charge in [-0.05, 0) is 12.8 Å². The number of quaternary nitrogens is 1. The fourth-order valence-corrected chi connectivity index (χ4v) is 4.32. The number of nitrogens with one attached hydrogen (secondary N) is 1. The van der Waals surface area contributed by atoms with Gasteiger partial charge in [-0.1, -0.05) is 104 Å². The molecule has 0 aliphatic heterocycles. The second kappa shape index (κ2) is 17.5. The molecule has 1 atom stereocenters. The van der Waals surface area contributed by atoms with Gasteiger partial charge in [0.25, 0.3) is 5.66 Å². The Bertz CT molecular complexity index is 474. The number of carboxylic acids is 1. The molecular formula is C26H53N2O3+. The van der Waals surface area contributed by atoms with Crippen LogP contribution in [0.25, 0.3) is 0 Å². The molecular weight excluding hydrogens is 388 g/mol. The summed E-state index contributed by atoms with van der Waals surface area (Å²) in [5, 5.41) is 12.7. The maximum atomic E-state index is 12.4. The average molecular weight is 442 g/mol. The van der Waals surface area contributed by atoms with Crippen LogP contribution in [0.3, 0.4) is 0 Å². The van der Waals surface area contributed by atoms with Crippen molar-refractivity contribution in [1.29, 1.82) is 0 Å². The van der Waals surface area contributed by atoms with Crippen LogP contribution in [0.4, 0.5) is 0 Å². The van der Waals surface area contributed by atoms with Gasteiger partial charge in [0.1, 0.15) is 0 Å². The van der Waals surface area contributed by atoms with Gasteiger partial charge in [0.2, 0.25) is 5.91 Å². The van der Waals surface area contributed by atoms with Crippen LogP contribution in [0.15, 0.2) is 0 Å². The zero-order valence-corrected chi connectivity index (χ0v) is 21.4. The van der Waals surface area contributed by atoms with Crippen LogP contribution >= 0.6 is 0 Å². The molecule has 1 amide bonds. The molecule has 0 radical (unpaired) electrons. The van der Waals surface area contributed by atoms with Gasteiger partial charge in [-0.25, -0.2) is 4.79 Å². The van der Waals surface area contributed by atoms with E-state index in [0.717, 1.165) is 12.8 Å². The van der Waals surface area contributed by atoms with Gasteiger partial charge >= 0.3 is 5.97 Å². The van der Waals surface area contributed by atoms with Crippen LogP contribution in [0.5, 0.6) is 0 Å². The van der Waals surface area contributed by atoms with Crippen molar-refractivity contribution in [2.45, 2.75) is 135 Å². The first-order chi connectivity index (χ1) is 14.7. The van der Waals surface area contributed by atoms with Crippen molar-refractivity contribution >= 4 is 11.9 Å². The maximum absolute atomic E-state index is 12.4. The van der Waals surface area contributed by atoms with Crippen LogP contribution in [0, 0.1) is 0 Å². The van der Waals surface area contributed by atoms with Crippen molar-refractivity contribution in [2.24, 2.45) is 0 Å². The van der Waals surface area contributed by atoms with Crippen molar-refractivity contribution < 1.29 is 19.2 Å². The Morgan fingerprint density at radius 2 is 1.06 bits per heavy atom. The van der Waals surface area contributed by atoms with Gasteiger partial charge in [0.15, 0.2) is 0 Å². The quantitative estimate of drug-likeness (QED) is 0.119. The molecule has 2 N–H and O–H groups in total. The summed E-state index contributed by atoms with van der Waals surface area (Å²) in [5.41, 5.74) is -1.25. The molecule has 0 fully saturated rings. The highest BCUT2D eigenvalue weighted by atomic mass is 16.4. The van der Waals surface area contributed by atoms with E-state index < -0.39 is 11.6 Å². The molecule has 31 heavy (non-hydrogen) atoms. The van der Waals surface area contributed by atoms with Crippen LogP contribution in [-0.4, -0.2) is 48.3 Å². The normalized spacial score (nSPS) is 13.7. The smallest absolute Gasteiger partial charge is 0.388 e. The van der Waals surface area contributed by atoms with E-state index in [4.69, 9.17) is 0 Å². The third kappa shape index (κ3) is 13.1. The molecule has 0 aromatic heterocycles. The highest BCUT2D eigenvalue weighted by Gasteiger charge is 2.51. The molecule has 0 aromatic carbocycles. The van der Waals surface area contributed by atoms with E-state index in [-0.39, 0.29) is 10.4 Å². The summed E-state index contributed by atoms with van der Waals surface area (Å²) >= 11 is 0. The second-order valence-electron chi connectivity index (χ2n) is 10.2. The van der Waals surface area contributed by atoms with Crippen LogP contribution in [0.2, 0.25) is 0 Å². The van der Waals surface area contributed by atoms with Gasteiger partial charge < -0.3 is 5.11 Å². The summed E-state index contributed by atoms with van der Waals surface area (Å²) in [6.07, 6.45) is 21.0. The predicted molar refractivity (Wildman–Crippen MR) is 131 cm³/mol. The number of hydrogen-bond acceptors (Lipinski definition) is 2. The van der Waals surface area contributed by atoms with Crippen molar-refractivity contribution in [2.75, 3.05) is 21.1 Å². The Morgan fingerprint density at radius 3 is 1.39 bits per heavy atom. The van der Waals surface area contributed by atoms with E-state index in [2.05, 4.69) is 12.2 Å². The van der Waals surface area contributed by atoms with Crippen molar-refractivity contribution in [3.8, 4) is 0 Å². The van der Waals surface area contributed by atoms with E-state index in [1.54, 1.807) is 0 Å². The van der Waals surface area contributed by atoms with Crippen LogP contribution < -0.4 is 5.32 Å². The number of unbranched alkanes of at least 4 members (excludes halogenated alkanes) is 14. The Kier molecular flexibility index (Phi) is 16.8. The highest BCUT2D eigenvalue weighted by molar-refractivity contribution is 5.85. The number of rotatable bonds is 21. The zero-order valence-electron chi connectivity index (χ0n) is 21.4. The molecule has 0 spiro atoms. The highest BCUT2D eigenvalue weighted by Crippen LogP contribution is 2.23. The number of carbonyl (C=O) groups is 2. The second-order valence-corrected chi connectivity index (χ2v) is 10.2. The molecule has 0 heterocycles. The molecule has 0 aromatic rings. The first-order valence-corrected chi connectivity index (χ1v) is 13.1. The number of carboxylic acid groups (broad SMARTS) is 1. The molecule has 1 unspecified atom stereocenters. The molecule has 0 bridgehead atoms. The minimum absolute atomic E-state index is 0.140. The number of hydrogen-bond donors (Lipinski definition) is 2. The van der Waals surface area contributed by atoms with Gasteiger partial charge in [-0.15, -0.1) is 0 Å². The third-order valence-corrected chi connectivity index (χ3v) is 6.46. The van der Waals surface area contributed by atoms with Crippen molar-refractivity contribution in [1.82, 2.24) is 5.32 Å². The SMILES string of the molecule is CCCCCCCCCCCCCCCCCC(=O)NC(CCC)(C(=O)O)[N+](C)(C)C. The lowest BCUT2D eigenvalue weighted by Gasteiger charge is -2.43. The first kappa shape index (κ1) is 29.9. The number of amides is 1. The van der Waals surface area contributed by atoms with Gasteiger partial charge in [0.05, 0.1) is 21.1 Å². The van der Waals surface area contributed by atoms with Gasteiger partial charge in [-0.3, -0.25) is 14.6 Å². The number of likely N-dealkylation sites (N-methyl/N-ethyl adjacent to an activating group) is 1. The Balaban J connectivity index is 3.80. The maximum Gasteiger partial charge on any atom is 0.388 e. The molecule has 0 saturated heterocycles. The lowest BCUT2D eigenvalue weighted by atomic mass is 9.99. The summed E-state index contributed by atoms with van der Waals surface area (Å²) in [4.78, 5) is 24.4. The van der Waals surface area contributed by atoms with Crippen LogP contribution in [0.1, 0.15) is 129 Å². The molecule has 0 aliphatic carbocycles. The van der Waals surface area contributed by atoms with Gasteiger partial charge in [-0.2, -0.15) is 0 Å². The summed E-state index contributed by atoms with van der Waals surface area (Å²) < 4.78 is 0.181. The Hall–Kier alpha value is -1.10. The van der Waals surface area contributed by atoms with E-state index in [0.29, 0.717) is 19.3 Å². The van der Waals surface area contributed by atoms with Crippen LogP contribution in [-0.2, 0) is 9.59 Å². The fraction of sp³-hybridized carbons (Fsp3) is 0.923. The van der Waals surface area contributed by atoms with Crippen molar-refractivity contribution in [3.05, 3.63) is 0 Å². The van der Waals surface area contributed by atoms with E-state index >= 15 is 0 Å². The van der Waals surface area contributed by atoms with E-state index in [1.165, 1.54) is 83.5 Å². The molecule has 5 nitrogen and oxygen atoms in total. The molecule has 0 saturated carbocycles. The number of carbonyl (C=O) groups excluding carboxylic acids is 1. The largest absolute Gasteiger partial charge is 0.475 e. The first-order valence-electron chi connectivity index (χ1n) is 13.1.